The Labute approximate surface area is 155 Å². The van der Waals surface area contributed by atoms with Crippen molar-refractivity contribution in [3.05, 3.63) is 72.3 Å². The van der Waals surface area contributed by atoms with Gasteiger partial charge in [0.05, 0.1) is 19.1 Å². The number of amides is 1. The standard InChI is InChI=1S/C21H17N3O3/c1-26-18-12-5-4-11-17(18)20-23-24-21(27-20)22-19(25)13-15-9-6-8-14-7-2-3-10-16(14)15/h2-12H,13H2,1H3,(H,22,24,25). The number of para-hydroxylation sites is 1. The van der Waals surface area contributed by atoms with E-state index in [2.05, 4.69) is 15.5 Å². The summed E-state index contributed by atoms with van der Waals surface area (Å²) in [5.41, 5.74) is 1.61. The summed E-state index contributed by atoms with van der Waals surface area (Å²) in [5, 5.41) is 12.7. The number of hydrogen-bond donors (Lipinski definition) is 1. The molecular weight excluding hydrogens is 342 g/mol. The molecule has 1 N–H and O–H groups in total. The van der Waals surface area contributed by atoms with Crippen LogP contribution in [0.1, 0.15) is 5.56 Å². The number of hydrogen-bond acceptors (Lipinski definition) is 5. The first-order valence-electron chi connectivity index (χ1n) is 8.48. The third-order valence-corrected chi connectivity index (χ3v) is 4.24. The van der Waals surface area contributed by atoms with Crippen LogP contribution in [0.15, 0.2) is 71.1 Å². The van der Waals surface area contributed by atoms with Gasteiger partial charge in [0, 0.05) is 0 Å². The second-order valence-electron chi connectivity index (χ2n) is 5.98. The molecule has 0 aliphatic heterocycles. The van der Waals surface area contributed by atoms with Crippen molar-refractivity contribution in [3.63, 3.8) is 0 Å². The average Bonchev–Trinajstić information content (AvgIpc) is 3.16. The van der Waals surface area contributed by atoms with E-state index in [0.29, 0.717) is 11.3 Å². The summed E-state index contributed by atoms with van der Waals surface area (Å²) < 4.78 is 10.9. The van der Waals surface area contributed by atoms with Gasteiger partial charge in [0.2, 0.25) is 5.91 Å². The highest BCUT2D eigenvalue weighted by atomic mass is 16.5. The van der Waals surface area contributed by atoms with Crippen LogP contribution in [0.4, 0.5) is 6.01 Å². The summed E-state index contributed by atoms with van der Waals surface area (Å²) in [6.07, 6.45) is 0.216. The summed E-state index contributed by atoms with van der Waals surface area (Å²) in [6, 6.07) is 21.2. The lowest BCUT2D eigenvalue weighted by molar-refractivity contribution is -0.115. The smallest absolute Gasteiger partial charge is 0.322 e. The van der Waals surface area contributed by atoms with Gasteiger partial charge in [-0.3, -0.25) is 10.1 Å². The van der Waals surface area contributed by atoms with Crippen molar-refractivity contribution in [2.24, 2.45) is 0 Å². The van der Waals surface area contributed by atoms with E-state index in [0.717, 1.165) is 16.3 Å². The number of nitrogens with zero attached hydrogens (tertiary/aromatic N) is 2. The number of carbonyl (C=O) groups excluding carboxylic acids is 1. The molecule has 3 aromatic carbocycles. The van der Waals surface area contributed by atoms with Gasteiger partial charge in [-0.05, 0) is 28.5 Å². The second-order valence-corrected chi connectivity index (χ2v) is 5.98. The third-order valence-electron chi connectivity index (χ3n) is 4.24. The third kappa shape index (κ3) is 3.50. The molecule has 0 unspecified atom stereocenters. The van der Waals surface area contributed by atoms with Crippen molar-refractivity contribution in [2.75, 3.05) is 12.4 Å². The van der Waals surface area contributed by atoms with Crippen molar-refractivity contribution in [2.45, 2.75) is 6.42 Å². The molecule has 1 amide bonds. The van der Waals surface area contributed by atoms with Gasteiger partial charge in [0.1, 0.15) is 5.75 Å². The van der Waals surface area contributed by atoms with Crippen molar-refractivity contribution in [3.8, 4) is 17.2 Å². The minimum atomic E-state index is -0.221. The Bertz CT molecular complexity index is 1100. The van der Waals surface area contributed by atoms with Gasteiger partial charge in [0.15, 0.2) is 0 Å². The molecule has 0 bridgehead atoms. The molecule has 1 heterocycles. The lowest BCUT2D eigenvalue weighted by atomic mass is 10.0. The van der Waals surface area contributed by atoms with Crippen molar-refractivity contribution in [1.29, 1.82) is 0 Å². The quantitative estimate of drug-likeness (QED) is 0.581. The number of aromatic nitrogens is 2. The summed E-state index contributed by atoms with van der Waals surface area (Å²) in [7, 11) is 1.57. The zero-order valence-corrected chi connectivity index (χ0v) is 14.7. The molecule has 0 saturated heterocycles. The maximum atomic E-state index is 12.4. The Morgan fingerprint density at radius 2 is 1.78 bits per heavy atom. The van der Waals surface area contributed by atoms with E-state index in [-0.39, 0.29) is 24.2 Å². The summed E-state index contributed by atoms with van der Waals surface area (Å²) >= 11 is 0. The van der Waals surface area contributed by atoms with Gasteiger partial charge in [-0.2, -0.15) is 0 Å². The Balaban J connectivity index is 1.51. The topological polar surface area (TPSA) is 77.3 Å². The van der Waals surface area contributed by atoms with Crippen molar-refractivity contribution < 1.29 is 13.9 Å². The molecule has 0 atom stereocenters. The predicted octanol–water partition coefficient (Wildman–Crippen LogP) is 4.08. The molecule has 134 valence electrons. The number of anilines is 1. The molecule has 4 aromatic rings. The largest absolute Gasteiger partial charge is 0.496 e. The van der Waals surface area contributed by atoms with E-state index < -0.39 is 0 Å². The molecule has 0 saturated carbocycles. The Kier molecular flexibility index (Phi) is 4.53. The van der Waals surface area contributed by atoms with E-state index in [1.54, 1.807) is 13.2 Å². The SMILES string of the molecule is COc1ccccc1-c1nnc(NC(=O)Cc2cccc3ccccc23)o1. The molecular formula is C21H17N3O3. The van der Waals surface area contributed by atoms with Crippen LogP contribution in [0, 0.1) is 0 Å². The van der Waals surface area contributed by atoms with E-state index in [1.807, 2.05) is 60.7 Å². The molecule has 0 radical (unpaired) electrons. The molecule has 6 heteroatoms. The minimum Gasteiger partial charge on any atom is -0.496 e. The molecule has 6 nitrogen and oxygen atoms in total. The Hall–Kier alpha value is -3.67. The average molecular weight is 359 g/mol. The number of methoxy groups -OCH3 is 1. The van der Waals surface area contributed by atoms with E-state index in [1.165, 1.54) is 0 Å². The maximum Gasteiger partial charge on any atom is 0.322 e. The predicted molar refractivity (Wildman–Crippen MR) is 103 cm³/mol. The Morgan fingerprint density at radius 1 is 1.00 bits per heavy atom. The van der Waals surface area contributed by atoms with Gasteiger partial charge in [-0.15, -0.1) is 5.10 Å². The number of benzene rings is 3. The minimum absolute atomic E-state index is 0.0566. The van der Waals surface area contributed by atoms with Crippen LogP contribution in [0.25, 0.3) is 22.2 Å². The fraction of sp³-hybridized carbons (Fsp3) is 0.0952. The van der Waals surface area contributed by atoms with Gasteiger partial charge >= 0.3 is 6.01 Å². The number of rotatable bonds is 5. The lowest BCUT2D eigenvalue weighted by Gasteiger charge is -2.06. The van der Waals surface area contributed by atoms with E-state index >= 15 is 0 Å². The molecule has 0 aliphatic carbocycles. The molecule has 1 aromatic heterocycles. The molecule has 4 rings (SSSR count). The van der Waals surface area contributed by atoms with E-state index in [4.69, 9.17) is 9.15 Å². The normalized spacial score (nSPS) is 10.7. The van der Waals surface area contributed by atoms with Gasteiger partial charge in [0.25, 0.3) is 5.89 Å². The fourth-order valence-corrected chi connectivity index (χ4v) is 2.99. The molecule has 0 aliphatic rings. The molecule has 0 fully saturated rings. The highest BCUT2D eigenvalue weighted by Gasteiger charge is 2.15. The van der Waals surface area contributed by atoms with Crippen LogP contribution in [0.5, 0.6) is 5.75 Å². The number of fused-ring (bicyclic) bond motifs is 1. The molecule has 0 spiro atoms. The van der Waals surface area contributed by atoms with Gasteiger partial charge in [-0.1, -0.05) is 59.7 Å². The maximum absolute atomic E-state index is 12.4. The van der Waals surface area contributed by atoms with E-state index in [9.17, 15) is 4.79 Å². The number of carbonyl (C=O) groups is 1. The Morgan fingerprint density at radius 3 is 2.67 bits per heavy atom. The fourth-order valence-electron chi connectivity index (χ4n) is 2.99. The molecule has 27 heavy (non-hydrogen) atoms. The highest BCUT2D eigenvalue weighted by Crippen LogP contribution is 2.29. The van der Waals surface area contributed by atoms with Crippen molar-refractivity contribution >= 4 is 22.7 Å². The van der Waals surface area contributed by atoms with Crippen LogP contribution in [-0.2, 0) is 11.2 Å². The monoisotopic (exact) mass is 359 g/mol. The first kappa shape index (κ1) is 16.8. The summed E-state index contributed by atoms with van der Waals surface area (Å²) in [5.74, 6) is 0.685. The van der Waals surface area contributed by atoms with Gasteiger partial charge < -0.3 is 9.15 Å². The number of ether oxygens (including phenoxy) is 1. The highest BCUT2D eigenvalue weighted by molar-refractivity contribution is 5.95. The van der Waals surface area contributed by atoms with Crippen molar-refractivity contribution in [1.82, 2.24) is 10.2 Å². The zero-order chi connectivity index (χ0) is 18.6. The summed E-state index contributed by atoms with van der Waals surface area (Å²) in [6.45, 7) is 0. The van der Waals surface area contributed by atoms with Crippen LogP contribution < -0.4 is 10.1 Å². The van der Waals surface area contributed by atoms with Gasteiger partial charge in [-0.25, -0.2) is 0 Å². The zero-order valence-electron chi connectivity index (χ0n) is 14.7. The number of nitrogens with one attached hydrogen (secondary N) is 1. The lowest BCUT2D eigenvalue weighted by Crippen LogP contribution is -2.14. The van der Waals surface area contributed by atoms with Crippen LogP contribution in [0.2, 0.25) is 0 Å². The van der Waals surface area contributed by atoms with Crippen LogP contribution >= 0.6 is 0 Å². The first-order chi connectivity index (χ1) is 13.2. The van der Waals surface area contributed by atoms with Crippen LogP contribution in [0.3, 0.4) is 0 Å². The van der Waals surface area contributed by atoms with Crippen LogP contribution in [-0.4, -0.2) is 23.2 Å². The summed E-state index contributed by atoms with van der Waals surface area (Å²) in [4.78, 5) is 12.4. The first-order valence-corrected chi connectivity index (χ1v) is 8.48. The second kappa shape index (κ2) is 7.29.